The van der Waals surface area contributed by atoms with Gasteiger partial charge in [-0.25, -0.2) is 9.37 Å². The molecule has 1 amide bonds. The first-order valence-corrected chi connectivity index (χ1v) is 19.0. The molecule has 52 heavy (non-hydrogen) atoms. The molecule has 5 aliphatic rings. The maximum Gasteiger partial charge on any atom is 0.226 e. The van der Waals surface area contributed by atoms with Gasteiger partial charge in [0.05, 0.1) is 46.4 Å². The fourth-order valence-electron chi connectivity index (χ4n) is 8.98. The predicted molar refractivity (Wildman–Crippen MR) is 200 cm³/mol. The van der Waals surface area contributed by atoms with Gasteiger partial charge in [0, 0.05) is 83.1 Å². The number of likely N-dealkylation sites (tertiary alicyclic amines) is 1. The van der Waals surface area contributed by atoms with Crippen molar-refractivity contribution in [2.24, 2.45) is 11.8 Å². The number of aromatic nitrogens is 3. The van der Waals surface area contributed by atoms with E-state index in [4.69, 9.17) is 32.9 Å². The second kappa shape index (κ2) is 13.1. The van der Waals surface area contributed by atoms with E-state index in [-0.39, 0.29) is 53.0 Å². The second-order valence-corrected chi connectivity index (χ2v) is 15.8. The molecule has 2 aliphatic carbocycles. The van der Waals surface area contributed by atoms with E-state index in [1.165, 1.54) is 0 Å². The van der Waals surface area contributed by atoms with Crippen LogP contribution >= 0.6 is 23.2 Å². The highest BCUT2D eigenvalue weighted by Crippen LogP contribution is 2.51. The van der Waals surface area contributed by atoms with E-state index in [1.54, 1.807) is 24.4 Å². The number of rotatable bonds is 9. The Balaban J connectivity index is 1.23. The molecule has 2 saturated carbocycles. The molecule has 5 fully saturated rings. The largest absolute Gasteiger partial charge is 0.372 e. The van der Waals surface area contributed by atoms with Gasteiger partial charge in [-0.2, -0.15) is 5.26 Å². The SMILES string of the molecule is Cc1ncccc1CO[C@H]1C[C@H](c2cc3c(C)nc4c(F)c(-c5cccc(Cl)c5Cl)c(CCC#N)cc4c3n2[C@H]2[C@H]3CN[C@@H]2C3)N(C(=O)C2CC2)C1. The lowest BCUT2D eigenvalue weighted by Crippen LogP contribution is -2.41. The van der Waals surface area contributed by atoms with Crippen LogP contribution in [-0.4, -0.2) is 50.6 Å². The fourth-order valence-corrected chi connectivity index (χ4v) is 9.38. The molecule has 266 valence electrons. The Labute approximate surface area is 311 Å². The van der Waals surface area contributed by atoms with Crippen molar-refractivity contribution in [2.45, 2.75) is 83.2 Å². The molecule has 1 N–H and O–H groups in total. The number of nitrogens with zero attached hydrogens (tertiary/aromatic N) is 5. The fraction of sp³-hybridized carbons (Fsp3) is 0.415. The summed E-state index contributed by atoms with van der Waals surface area (Å²) >= 11 is 13.1. The van der Waals surface area contributed by atoms with E-state index in [2.05, 4.69) is 31.9 Å². The summed E-state index contributed by atoms with van der Waals surface area (Å²) in [5.41, 5.74) is 6.41. The maximum atomic E-state index is 17.2. The Hall–Kier alpha value is -4.07. The molecular formula is C41H39Cl2FN6O2. The highest BCUT2D eigenvalue weighted by Gasteiger charge is 2.51. The third kappa shape index (κ3) is 5.49. The zero-order valence-corrected chi connectivity index (χ0v) is 30.6. The minimum atomic E-state index is -0.478. The van der Waals surface area contributed by atoms with Crippen LogP contribution in [0.2, 0.25) is 10.0 Å². The molecule has 6 heterocycles. The smallest absolute Gasteiger partial charge is 0.226 e. The summed E-state index contributed by atoms with van der Waals surface area (Å²) in [5.74, 6) is 0.186. The number of fused-ring (bicyclic) bond motifs is 4. The number of amides is 1. The van der Waals surface area contributed by atoms with Crippen molar-refractivity contribution in [2.75, 3.05) is 13.1 Å². The Kier molecular flexibility index (Phi) is 8.50. The van der Waals surface area contributed by atoms with Crippen LogP contribution < -0.4 is 5.32 Å². The van der Waals surface area contributed by atoms with Crippen LogP contribution in [-0.2, 0) is 22.6 Å². The van der Waals surface area contributed by atoms with Gasteiger partial charge in [0.15, 0.2) is 5.82 Å². The molecule has 3 saturated heterocycles. The Bertz CT molecular complexity index is 2300. The lowest BCUT2D eigenvalue weighted by atomic mass is 9.79. The number of carbonyl (C=O) groups is 1. The van der Waals surface area contributed by atoms with Crippen molar-refractivity contribution >= 4 is 50.9 Å². The third-order valence-corrected chi connectivity index (χ3v) is 12.7. The molecule has 11 heteroatoms. The van der Waals surface area contributed by atoms with E-state index in [0.717, 1.165) is 53.7 Å². The quantitative estimate of drug-likeness (QED) is 0.163. The normalized spacial score (nSPS) is 23.8. The number of hydrogen-bond acceptors (Lipinski definition) is 6. The third-order valence-electron chi connectivity index (χ3n) is 11.8. The Morgan fingerprint density at radius 1 is 1.10 bits per heavy atom. The molecule has 5 atom stereocenters. The summed E-state index contributed by atoms with van der Waals surface area (Å²) < 4.78 is 26.2. The first-order chi connectivity index (χ1) is 25.2. The average Bonchev–Trinajstić information content (AvgIpc) is 3.43. The Morgan fingerprint density at radius 3 is 2.67 bits per heavy atom. The minimum absolute atomic E-state index is 0.0546. The van der Waals surface area contributed by atoms with E-state index in [0.29, 0.717) is 64.7 Å². The average molecular weight is 738 g/mol. The van der Waals surface area contributed by atoms with E-state index in [1.807, 2.05) is 32.0 Å². The van der Waals surface area contributed by atoms with Crippen molar-refractivity contribution in [1.82, 2.24) is 24.8 Å². The number of aryl methyl sites for hydroxylation is 3. The van der Waals surface area contributed by atoms with Crippen LogP contribution in [0.4, 0.5) is 4.39 Å². The molecular weight excluding hydrogens is 698 g/mol. The van der Waals surface area contributed by atoms with Gasteiger partial charge >= 0.3 is 0 Å². The molecule has 3 aliphatic heterocycles. The van der Waals surface area contributed by atoms with E-state index >= 15 is 4.39 Å². The van der Waals surface area contributed by atoms with E-state index < -0.39 is 5.82 Å². The standard InChI is InChI=1S/C41H39Cl2FN6O2/c1-21-25(7-5-13-46-21)20-52-27-16-33(49(19-27)41(51)23-10-11-23)34-17-29-22(2)48-38-30(40(29)50(34)39-26-15-32(39)47-18-26)14-24(6-4-12-45)35(37(38)44)28-8-3-9-31(42)36(28)43/h3,5,7-9,13-14,17,23,26-27,32-33,39,47H,4,6,10-11,15-16,18-20H2,1-2H3/t26-,27+,32-,33-,39+/m1/s1. The topological polar surface area (TPSA) is 96.1 Å². The lowest BCUT2D eigenvalue weighted by Gasteiger charge is -2.39. The van der Waals surface area contributed by atoms with Gasteiger partial charge in [-0.05, 0) is 80.8 Å². The zero-order chi connectivity index (χ0) is 35.8. The van der Waals surface area contributed by atoms with Crippen molar-refractivity contribution in [3.63, 3.8) is 0 Å². The number of benzene rings is 2. The molecule has 0 spiro atoms. The molecule has 2 bridgehead atoms. The summed E-state index contributed by atoms with van der Waals surface area (Å²) in [4.78, 5) is 25.4. The molecule has 8 nitrogen and oxygen atoms in total. The van der Waals surface area contributed by atoms with Crippen LogP contribution in [0.3, 0.4) is 0 Å². The summed E-state index contributed by atoms with van der Waals surface area (Å²) in [6, 6.07) is 15.8. The zero-order valence-electron chi connectivity index (χ0n) is 29.1. The first kappa shape index (κ1) is 33.7. The number of ether oxygens (including phenoxy) is 1. The number of hydrogen-bond donors (Lipinski definition) is 1. The molecule has 0 unspecified atom stereocenters. The molecule has 5 aromatic rings. The van der Waals surface area contributed by atoms with Crippen LogP contribution in [0.5, 0.6) is 0 Å². The number of nitriles is 1. The second-order valence-electron chi connectivity index (χ2n) is 15.0. The molecule has 3 aromatic heterocycles. The van der Waals surface area contributed by atoms with Gasteiger partial charge in [0.25, 0.3) is 0 Å². The van der Waals surface area contributed by atoms with Gasteiger partial charge in [0.1, 0.15) is 5.52 Å². The van der Waals surface area contributed by atoms with Gasteiger partial charge in [0.2, 0.25) is 5.91 Å². The van der Waals surface area contributed by atoms with Crippen LogP contribution in [0.1, 0.15) is 72.4 Å². The monoisotopic (exact) mass is 736 g/mol. The van der Waals surface area contributed by atoms with Gasteiger partial charge in [-0.1, -0.05) is 41.4 Å². The summed E-state index contributed by atoms with van der Waals surface area (Å²) in [5, 5.41) is 15.6. The summed E-state index contributed by atoms with van der Waals surface area (Å²) in [7, 11) is 0. The van der Waals surface area contributed by atoms with Gasteiger partial charge in [-0.15, -0.1) is 0 Å². The lowest BCUT2D eigenvalue weighted by molar-refractivity contribution is -0.134. The summed E-state index contributed by atoms with van der Waals surface area (Å²) in [6.07, 6.45) is 5.76. The first-order valence-electron chi connectivity index (χ1n) is 18.3. The van der Waals surface area contributed by atoms with Crippen LogP contribution in [0.25, 0.3) is 32.9 Å². The van der Waals surface area contributed by atoms with Crippen molar-refractivity contribution in [1.29, 1.82) is 5.26 Å². The molecule has 10 rings (SSSR count). The highest BCUT2D eigenvalue weighted by molar-refractivity contribution is 6.43. The summed E-state index contributed by atoms with van der Waals surface area (Å²) in [6.45, 7) is 5.79. The number of halogens is 3. The Morgan fingerprint density at radius 2 is 1.94 bits per heavy atom. The van der Waals surface area contributed by atoms with Crippen LogP contribution in [0.15, 0.2) is 48.7 Å². The van der Waals surface area contributed by atoms with Crippen LogP contribution in [0, 0.1) is 42.8 Å². The van der Waals surface area contributed by atoms with E-state index in [9.17, 15) is 10.1 Å². The maximum absolute atomic E-state index is 17.2. The molecule has 2 aromatic carbocycles. The van der Waals surface area contributed by atoms with Crippen molar-refractivity contribution < 1.29 is 13.9 Å². The number of nitrogens with one attached hydrogen (secondary N) is 1. The number of pyridine rings is 2. The number of carbonyl (C=O) groups excluding carboxylic acids is 1. The van der Waals surface area contributed by atoms with Gasteiger partial charge in [-0.3, -0.25) is 9.78 Å². The van der Waals surface area contributed by atoms with Crippen molar-refractivity contribution in [3.8, 4) is 17.2 Å². The van der Waals surface area contributed by atoms with Gasteiger partial charge < -0.3 is 19.5 Å². The predicted octanol–water partition coefficient (Wildman–Crippen LogP) is 8.57. The minimum Gasteiger partial charge on any atom is -0.372 e. The molecule has 0 radical (unpaired) electrons. The van der Waals surface area contributed by atoms with Crippen molar-refractivity contribution in [3.05, 3.63) is 92.7 Å². The highest BCUT2D eigenvalue weighted by atomic mass is 35.5.